The van der Waals surface area contributed by atoms with Gasteiger partial charge in [0.2, 0.25) is 0 Å². The molecule has 22 heavy (non-hydrogen) atoms. The van der Waals surface area contributed by atoms with E-state index in [0.29, 0.717) is 5.02 Å². The van der Waals surface area contributed by atoms with Crippen LogP contribution in [0.5, 0.6) is 0 Å². The van der Waals surface area contributed by atoms with E-state index in [2.05, 4.69) is 10.1 Å². The average molecular weight is 340 g/mol. The number of halogens is 2. The Morgan fingerprint density at radius 1 is 1.32 bits per heavy atom. The van der Waals surface area contributed by atoms with Gasteiger partial charge in [-0.2, -0.15) is 5.10 Å². The summed E-state index contributed by atoms with van der Waals surface area (Å²) in [4.78, 5) is 3.32. The zero-order valence-electron chi connectivity index (χ0n) is 12.6. The summed E-state index contributed by atoms with van der Waals surface area (Å²) in [5.41, 5.74) is -0.279. The van der Waals surface area contributed by atoms with Gasteiger partial charge < -0.3 is 5.11 Å². The second-order valence-electron chi connectivity index (χ2n) is 6.09. The number of hydrogen-bond donors (Lipinski definition) is 1. The van der Waals surface area contributed by atoms with Crippen LogP contribution in [0.15, 0.2) is 36.9 Å². The molecule has 1 aromatic heterocycles. The first-order valence-corrected chi connectivity index (χ1v) is 8.15. The molecule has 1 N–H and O–H groups in total. The van der Waals surface area contributed by atoms with Gasteiger partial charge in [0.15, 0.2) is 0 Å². The summed E-state index contributed by atoms with van der Waals surface area (Å²) in [6, 6.07) is 7.26. The number of nitrogens with zero attached hydrogens (tertiary/aromatic N) is 3. The topological polar surface area (TPSA) is 50.9 Å². The quantitative estimate of drug-likeness (QED) is 0.843. The highest BCUT2D eigenvalue weighted by Gasteiger charge is 2.63. The summed E-state index contributed by atoms with van der Waals surface area (Å²) < 4.78 is 1.66. The zero-order valence-corrected chi connectivity index (χ0v) is 14.1. The molecule has 1 heterocycles. The molecular weight excluding hydrogens is 321 g/mol. The lowest BCUT2D eigenvalue weighted by molar-refractivity contribution is -0.0415. The third-order valence-electron chi connectivity index (χ3n) is 4.91. The van der Waals surface area contributed by atoms with Crippen LogP contribution in [0.3, 0.4) is 0 Å². The second kappa shape index (κ2) is 5.52. The highest BCUT2D eigenvalue weighted by atomic mass is 35.5. The number of hydrogen-bond acceptors (Lipinski definition) is 3. The predicted octanol–water partition coefficient (Wildman–Crippen LogP) is 3.80. The van der Waals surface area contributed by atoms with Crippen molar-refractivity contribution in [2.75, 3.05) is 0 Å². The normalized spacial score (nSPS) is 21.9. The van der Waals surface area contributed by atoms with Gasteiger partial charge in [-0.25, -0.2) is 9.67 Å². The van der Waals surface area contributed by atoms with Crippen LogP contribution in [0, 0.1) is 0 Å². The van der Waals surface area contributed by atoms with Crippen molar-refractivity contribution in [2.45, 2.75) is 49.1 Å². The van der Waals surface area contributed by atoms with Crippen LogP contribution in [-0.2, 0) is 0 Å². The Morgan fingerprint density at radius 3 is 2.55 bits per heavy atom. The first-order valence-electron chi connectivity index (χ1n) is 7.40. The van der Waals surface area contributed by atoms with Crippen LogP contribution >= 0.6 is 23.2 Å². The third kappa shape index (κ3) is 2.34. The number of aromatic nitrogens is 3. The third-order valence-corrected chi connectivity index (χ3v) is 5.93. The van der Waals surface area contributed by atoms with E-state index in [1.165, 1.54) is 6.33 Å². The number of benzene rings is 1. The van der Waals surface area contributed by atoms with Gasteiger partial charge in [0.1, 0.15) is 18.3 Å². The van der Waals surface area contributed by atoms with Gasteiger partial charge in [0.25, 0.3) is 0 Å². The molecule has 3 rings (SSSR count). The van der Waals surface area contributed by atoms with Crippen molar-refractivity contribution in [3.63, 3.8) is 0 Å². The maximum Gasteiger partial charge on any atom is 0.137 e. The molecule has 1 aliphatic rings. The molecule has 118 valence electrons. The van der Waals surface area contributed by atoms with E-state index in [-0.39, 0.29) is 12.0 Å². The Labute approximate surface area is 140 Å². The summed E-state index contributed by atoms with van der Waals surface area (Å²) in [5.74, 6) is -0.236. The van der Waals surface area contributed by atoms with Crippen molar-refractivity contribution in [1.82, 2.24) is 14.8 Å². The van der Waals surface area contributed by atoms with Crippen LogP contribution in [0.25, 0.3) is 0 Å². The molecule has 3 unspecified atom stereocenters. The molecular formula is C16H19Cl2N3O. The Kier molecular flexibility index (Phi) is 3.96. The maximum absolute atomic E-state index is 11.6. The standard InChI is InChI=1S/C16H19Cl2N3O/c1-11(13-5-3-4-6-14(13)17)16(22,15(18)7-8-15)12(2)21-10-19-9-20-21/h3-6,9-12,22H,7-8H2,1-2H3. The number of rotatable bonds is 5. The summed E-state index contributed by atoms with van der Waals surface area (Å²) in [5, 5.41) is 16.4. The summed E-state index contributed by atoms with van der Waals surface area (Å²) in [6.07, 6.45) is 4.63. The summed E-state index contributed by atoms with van der Waals surface area (Å²) >= 11 is 13.0. The van der Waals surface area contributed by atoms with Crippen molar-refractivity contribution < 1.29 is 5.11 Å². The van der Waals surface area contributed by atoms with Crippen molar-refractivity contribution in [2.24, 2.45) is 0 Å². The molecule has 0 amide bonds. The van der Waals surface area contributed by atoms with Crippen LogP contribution in [0.2, 0.25) is 5.02 Å². The summed E-state index contributed by atoms with van der Waals surface area (Å²) in [7, 11) is 0. The first-order chi connectivity index (χ1) is 10.4. The van der Waals surface area contributed by atoms with Gasteiger partial charge in [-0.05, 0) is 31.4 Å². The second-order valence-corrected chi connectivity index (χ2v) is 7.22. The van der Waals surface area contributed by atoms with Gasteiger partial charge in [0.05, 0.1) is 10.9 Å². The Hall–Kier alpha value is -1.10. The lowest BCUT2D eigenvalue weighted by Gasteiger charge is -2.43. The molecule has 4 nitrogen and oxygen atoms in total. The van der Waals surface area contributed by atoms with Crippen molar-refractivity contribution in [3.05, 3.63) is 47.5 Å². The molecule has 1 saturated carbocycles. The van der Waals surface area contributed by atoms with Crippen LogP contribution in [0.1, 0.15) is 44.2 Å². The largest absolute Gasteiger partial charge is 0.385 e. The monoisotopic (exact) mass is 339 g/mol. The van der Waals surface area contributed by atoms with Crippen LogP contribution < -0.4 is 0 Å². The number of aliphatic hydroxyl groups is 1. The van der Waals surface area contributed by atoms with Crippen LogP contribution in [-0.4, -0.2) is 30.3 Å². The lowest BCUT2D eigenvalue weighted by Crippen LogP contribution is -2.52. The van der Waals surface area contributed by atoms with Gasteiger partial charge in [-0.3, -0.25) is 0 Å². The minimum Gasteiger partial charge on any atom is -0.385 e. The van der Waals surface area contributed by atoms with Crippen molar-refractivity contribution in [3.8, 4) is 0 Å². The van der Waals surface area contributed by atoms with Gasteiger partial charge in [-0.1, -0.05) is 36.7 Å². The molecule has 1 aliphatic carbocycles. The number of alkyl halides is 1. The molecule has 1 aromatic carbocycles. The van der Waals surface area contributed by atoms with Crippen molar-refractivity contribution >= 4 is 23.2 Å². The fraction of sp³-hybridized carbons (Fsp3) is 0.500. The molecule has 6 heteroatoms. The Bertz CT molecular complexity index is 657. The molecule has 2 aromatic rings. The Morgan fingerprint density at radius 2 is 2.00 bits per heavy atom. The lowest BCUT2D eigenvalue weighted by atomic mass is 9.75. The molecule has 0 aliphatic heterocycles. The average Bonchev–Trinajstić information content (AvgIpc) is 3.05. The van der Waals surface area contributed by atoms with E-state index in [9.17, 15) is 5.11 Å². The molecule has 0 radical (unpaired) electrons. The van der Waals surface area contributed by atoms with E-state index >= 15 is 0 Å². The molecule has 0 spiro atoms. The minimum atomic E-state index is -1.17. The van der Waals surface area contributed by atoms with Gasteiger partial charge in [0, 0.05) is 10.9 Å². The predicted molar refractivity (Wildman–Crippen MR) is 87.4 cm³/mol. The van der Waals surface area contributed by atoms with Crippen molar-refractivity contribution in [1.29, 1.82) is 0 Å². The van der Waals surface area contributed by atoms with E-state index in [4.69, 9.17) is 23.2 Å². The van der Waals surface area contributed by atoms with Gasteiger partial charge in [-0.15, -0.1) is 11.6 Å². The van der Waals surface area contributed by atoms with Crippen LogP contribution in [0.4, 0.5) is 0 Å². The Balaban J connectivity index is 2.05. The SMILES string of the molecule is CC(c1ccccc1Cl)C(O)(C(C)n1cncn1)C1(Cl)CC1. The fourth-order valence-electron chi connectivity index (χ4n) is 3.32. The molecule has 3 atom stereocenters. The fourth-order valence-corrected chi connectivity index (χ4v) is 4.03. The zero-order chi connectivity index (χ0) is 16.0. The molecule has 0 saturated heterocycles. The van der Waals surface area contributed by atoms with E-state index in [1.54, 1.807) is 11.0 Å². The van der Waals surface area contributed by atoms with Gasteiger partial charge >= 0.3 is 0 Å². The van der Waals surface area contributed by atoms with E-state index < -0.39 is 10.5 Å². The van der Waals surface area contributed by atoms with E-state index in [1.807, 2.05) is 38.1 Å². The smallest absolute Gasteiger partial charge is 0.137 e. The van der Waals surface area contributed by atoms with E-state index in [0.717, 1.165) is 18.4 Å². The highest BCUT2D eigenvalue weighted by molar-refractivity contribution is 6.31. The minimum absolute atomic E-state index is 0.236. The maximum atomic E-state index is 11.6. The molecule has 1 fully saturated rings. The highest BCUT2D eigenvalue weighted by Crippen LogP contribution is 2.59. The first kappa shape index (κ1) is 15.8. The molecule has 0 bridgehead atoms. The summed E-state index contributed by atoms with van der Waals surface area (Å²) in [6.45, 7) is 3.89.